The molecule has 1 aliphatic heterocycles. The number of esters is 1. The van der Waals surface area contributed by atoms with Crippen molar-refractivity contribution in [2.45, 2.75) is 44.8 Å². The lowest BCUT2D eigenvalue weighted by Gasteiger charge is -2.38. The molecule has 1 saturated heterocycles. The fourth-order valence-corrected chi connectivity index (χ4v) is 3.62. The van der Waals surface area contributed by atoms with Gasteiger partial charge >= 0.3 is 5.97 Å². The fourth-order valence-electron chi connectivity index (χ4n) is 3.62. The first-order valence-electron chi connectivity index (χ1n) is 6.27. The van der Waals surface area contributed by atoms with Crippen LogP contribution in [-0.4, -0.2) is 23.3 Å². The van der Waals surface area contributed by atoms with E-state index >= 15 is 0 Å². The van der Waals surface area contributed by atoms with Gasteiger partial charge in [0.25, 0.3) is 0 Å². The van der Waals surface area contributed by atoms with E-state index in [0.717, 1.165) is 12.8 Å². The zero-order valence-electron chi connectivity index (χ0n) is 9.56. The number of ether oxygens (including phenoxy) is 1. The molecule has 1 heterocycles. The van der Waals surface area contributed by atoms with E-state index in [4.69, 9.17) is 4.74 Å². The van der Waals surface area contributed by atoms with Crippen LogP contribution in [0.4, 0.5) is 0 Å². The fraction of sp³-hybridized carbons (Fsp3) is 0.769. The van der Waals surface area contributed by atoms with Crippen LogP contribution in [0, 0.1) is 17.8 Å². The van der Waals surface area contributed by atoms with Crippen LogP contribution in [0.1, 0.15) is 32.6 Å². The van der Waals surface area contributed by atoms with Crippen molar-refractivity contribution in [1.29, 1.82) is 0 Å². The van der Waals surface area contributed by atoms with Crippen molar-refractivity contribution < 1.29 is 14.6 Å². The lowest BCUT2D eigenvalue weighted by molar-refractivity contribution is -0.142. The molecule has 1 saturated carbocycles. The van der Waals surface area contributed by atoms with Crippen molar-refractivity contribution in [3.8, 4) is 0 Å². The van der Waals surface area contributed by atoms with Crippen molar-refractivity contribution in [2.75, 3.05) is 0 Å². The molecule has 3 nitrogen and oxygen atoms in total. The van der Waals surface area contributed by atoms with E-state index in [1.54, 1.807) is 0 Å². The summed E-state index contributed by atoms with van der Waals surface area (Å²) in [6, 6.07) is 0. The number of carbonyl (C=O) groups excluding carboxylic acids is 1. The zero-order chi connectivity index (χ0) is 11.3. The molecule has 3 heteroatoms. The van der Waals surface area contributed by atoms with Crippen LogP contribution >= 0.6 is 0 Å². The van der Waals surface area contributed by atoms with Gasteiger partial charge in [0.05, 0.1) is 12.0 Å². The van der Waals surface area contributed by atoms with E-state index in [2.05, 4.69) is 6.08 Å². The quantitative estimate of drug-likeness (QED) is 0.501. The highest BCUT2D eigenvalue weighted by Crippen LogP contribution is 2.46. The second-order valence-electron chi connectivity index (χ2n) is 5.33. The molecule has 5 atom stereocenters. The van der Waals surface area contributed by atoms with Crippen LogP contribution < -0.4 is 0 Å². The Bertz CT molecular complexity index is 347. The number of rotatable bonds is 0. The van der Waals surface area contributed by atoms with Crippen LogP contribution in [0.2, 0.25) is 0 Å². The first-order valence-corrected chi connectivity index (χ1v) is 6.27. The maximum atomic E-state index is 11.7. The van der Waals surface area contributed by atoms with Gasteiger partial charge in [0.2, 0.25) is 0 Å². The van der Waals surface area contributed by atoms with Gasteiger partial charge in [-0.3, -0.25) is 4.79 Å². The van der Waals surface area contributed by atoms with Gasteiger partial charge < -0.3 is 9.84 Å². The Morgan fingerprint density at radius 2 is 2.25 bits per heavy atom. The van der Waals surface area contributed by atoms with E-state index < -0.39 is 0 Å². The van der Waals surface area contributed by atoms with Crippen LogP contribution in [0.25, 0.3) is 0 Å². The second kappa shape index (κ2) is 3.59. The van der Waals surface area contributed by atoms with Gasteiger partial charge in [-0.05, 0) is 26.2 Å². The molecule has 2 fully saturated rings. The molecule has 1 N–H and O–H groups in total. The normalized spacial score (nSPS) is 46.8. The molecule has 0 radical (unpaired) electrons. The smallest absolute Gasteiger partial charge is 0.313 e. The SMILES string of the molecule is C[C@@H]1OC(=O)[C@@H]2C=C3CCCC[C@@H]3[C@@H](O)[C@@H]12. The molecule has 2 aliphatic carbocycles. The number of hydrogen-bond donors (Lipinski definition) is 1. The minimum Gasteiger partial charge on any atom is -0.462 e. The number of cyclic esters (lactones) is 1. The van der Waals surface area contributed by atoms with Gasteiger partial charge in [0.1, 0.15) is 6.10 Å². The maximum Gasteiger partial charge on any atom is 0.313 e. The average molecular weight is 222 g/mol. The zero-order valence-corrected chi connectivity index (χ0v) is 9.56. The van der Waals surface area contributed by atoms with E-state index in [1.807, 2.05) is 6.92 Å². The highest BCUT2D eigenvalue weighted by Gasteiger charge is 2.50. The highest BCUT2D eigenvalue weighted by molar-refractivity contribution is 5.78. The number of aliphatic hydroxyl groups is 1. The first kappa shape index (κ1) is 10.3. The maximum absolute atomic E-state index is 11.7. The summed E-state index contributed by atoms with van der Waals surface area (Å²) < 4.78 is 5.24. The number of aliphatic hydroxyl groups excluding tert-OH is 1. The van der Waals surface area contributed by atoms with E-state index in [9.17, 15) is 9.90 Å². The monoisotopic (exact) mass is 222 g/mol. The second-order valence-corrected chi connectivity index (χ2v) is 5.33. The summed E-state index contributed by atoms with van der Waals surface area (Å²) in [6.07, 6.45) is 6.08. The summed E-state index contributed by atoms with van der Waals surface area (Å²) >= 11 is 0. The van der Waals surface area contributed by atoms with Crippen LogP contribution in [0.15, 0.2) is 11.6 Å². The summed E-state index contributed by atoms with van der Waals surface area (Å²) in [5.74, 6) is -0.0614. The summed E-state index contributed by atoms with van der Waals surface area (Å²) in [7, 11) is 0. The largest absolute Gasteiger partial charge is 0.462 e. The van der Waals surface area contributed by atoms with Crippen molar-refractivity contribution >= 4 is 5.97 Å². The lowest BCUT2D eigenvalue weighted by Crippen LogP contribution is -2.42. The molecule has 88 valence electrons. The molecule has 0 bridgehead atoms. The van der Waals surface area contributed by atoms with Crippen LogP contribution in [0.3, 0.4) is 0 Å². The third-order valence-electron chi connectivity index (χ3n) is 4.44. The van der Waals surface area contributed by atoms with Crippen molar-refractivity contribution in [3.63, 3.8) is 0 Å². The summed E-state index contributed by atoms with van der Waals surface area (Å²) in [5, 5.41) is 10.4. The molecule has 0 amide bonds. The van der Waals surface area contributed by atoms with E-state index in [-0.39, 0.29) is 35.9 Å². The standard InChI is InChI=1S/C13H18O3/c1-7-11-10(13(15)16-7)6-8-4-2-3-5-9(8)12(11)14/h6-7,9-12,14H,2-5H2,1H3/t7-,9-,10+,11-,12+/m0/s1. The first-order chi connectivity index (χ1) is 7.68. The van der Waals surface area contributed by atoms with Gasteiger partial charge in [-0.15, -0.1) is 0 Å². The molecule has 0 unspecified atom stereocenters. The highest BCUT2D eigenvalue weighted by atomic mass is 16.6. The minimum atomic E-state index is -0.383. The Hall–Kier alpha value is -0.830. The van der Waals surface area contributed by atoms with Gasteiger partial charge in [-0.1, -0.05) is 18.1 Å². The Balaban J connectivity index is 1.97. The van der Waals surface area contributed by atoms with Gasteiger partial charge in [-0.25, -0.2) is 0 Å². The number of fused-ring (bicyclic) bond motifs is 2. The average Bonchev–Trinajstić information content (AvgIpc) is 2.55. The molecule has 0 aromatic carbocycles. The predicted molar refractivity (Wildman–Crippen MR) is 58.6 cm³/mol. The van der Waals surface area contributed by atoms with Gasteiger partial charge in [0, 0.05) is 11.8 Å². The topological polar surface area (TPSA) is 46.5 Å². The predicted octanol–water partition coefficient (Wildman–Crippen LogP) is 1.66. The van der Waals surface area contributed by atoms with Gasteiger partial charge in [0.15, 0.2) is 0 Å². The van der Waals surface area contributed by atoms with Crippen molar-refractivity contribution in [1.82, 2.24) is 0 Å². The lowest BCUT2D eigenvalue weighted by atomic mass is 9.67. The molecule has 3 rings (SSSR count). The summed E-state index contributed by atoms with van der Waals surface area (Å²) in [4.78, 5) is 11.7. The molecule has 0 spiro atoms. The Morgan fingerprint density at radius 1 is 1.44 bits per heavy atom. The molecule has 3 aliphatic rings. The van der Waals surface area contributed by atoms with Crippen LogP contribution in [-0.2, 0) is 9.53 Å². The van der Waals surface area contributed by atoms with Crippen LogP contribution in [0.5, 0.6) is 0 Å². The number of carbonyl (C=O) groups is 1. The molecular weight excluding hydrogens is 204 g/mol. The molecule has 0 aromatic heterocycles. The third kappa shape index (κ3) is 1.34. The van der Waals surface area contributed by atoms with Gasteiger partial charge in [-0.2, -0.15) is 0 Å². The number of hydrogen-bond acceptors (Lipinski definition) is 3. The summed E-state index contributed by atoms with van der Waals surface area (Å²) in [6.45, 7) is 1.90. The molecular formula is C13H18O3. The molecule has 0 aromatic rings. The van der Waals surface area contributed by atoms with Crippen molar-refractivity contribution in [3.05, 3.63) is 11.6 Å². The van der Waals surface area contributed by atoms with E-state index in [0.29, 0.717) is 0 Å². The van der Waals surface area contributed by atoms with Crippen molar-refractivity contribution in [2.24, 2.45) is 17.8 Å². The Labute approximate surface area is 95.5 Å². The van der Waals surface area contributed by atoms with E-state index in [1.165, 1.54) is 18.4 Å². The Kier molecular flexibility index (Phi) is 2.32. The Morgan fingerprint density at radius 3 is 3.06 bits per heavy atom. The third-order valence-corrected chi connectivity index (χ3v) is 4.44. The molecule has 16 heavy (non-hydrogen) atoms. The minimum absolute atomic E-state index is 0.0145. The summed E-state index contributed by atoms with van der Waals surface area (Å²) in [5.41, 5.74) is 1.30.